The van der Waals surface area contributed by atoms with Crippen LogP contribution in [-0.2, 0) is 13.1 Å². The highest BCUT2D eigenvalue weighted by Gasteiger charge is 2.28. The Morgan fingerprint density at radius 1 is 1.06 bits per heavy atom. The maximum Gasteiger partial charge on any atom is 0.422 e. The lowest BCUT2D eigenvalue weighted by Crippen LogP contribution is -2.37. The van der Waals surface area contributed by atoms with Crippen LogP contribution in [0.15, 0.2) is 53.5 Å². The minimum atomic E-state index is -4.40. The number of alkyl halides is 3. The molecule has 2 aromatic rings. The van der Waals surface area contributed by atoms with Crippen molar-refractivity contribution in [3.8, 4) is 5.75 Å². The molecular weight excluding hydrogens is 409 g/mol. The van der Waals surface area contributed by atoms with Gasteiger partial charge in [0.1, 0.15) is 5.75 Å². The highest BCUT2D eigenvalue weighted by Crippen LogP contribution is 2.22. The van der Waals surface area contributed by atoms with Crippen molar-refractivity contribution in [2.45, 2.75) is 26.2 Å². The predicted molar refractivity (Wildman–Crippen MR) is 114 cm³/mol. The molecule has 0 spiro atoms. The van der Waals surface area contributed by atoms with Crippen molar-refractivity contribution in [2.75, 3.05) is 27.2 Å². The average Bonchev–Trinajstić information content (AvgIpc) is 2.74. The summed E-state index contributed by atoms with van der Waals surface area (Å²) in [6, 6.07) is 13.7. The van der Waals surface area contributed by atoms with Crippen LogP contribution in [0.25, 0.3) is 0 Å². The van der Waals surface area contributed by atoms with E-state index < -0.39 is 12.8 Å². The number of nitrogens with one attached hydrogen (secondary N) is 2. The number of halogens is 3. The van der Waals surface area contributed by atoms with Gasteiger partial charge >= 0.3 is 6.18 Å². The summed E-state index contributed by atoms with van der Waals surface area (Å²) in [5.41, 5.74) is 2.10. The zero-order valence-electron chi connectivity index (χ0n) is 17.8. The van der Waals surface area contributed by atoms with Gasteiger partial charge in [0.15, 0.2) is 12.6 Å². The normalized spacial score (nSPS) is 11.7. The first-order valence-corrected chi connectivity index (χ1v) is 9.80. The van der Waals surface area contributed by atoms with Crippen molar-refractivity contribution in [1.82, 2.24) is 15.5 Å². The smallest absolute Gasteiger partial charge is 0.422 e. The Balaban J connectivity index is 2.02. The first-order chi connectivity index (χ1) is 14.7. The van der Waals surface area contributed by atoms with Gasteiger partial charge in [0.2, 0.25) is 0 Å². The van der Waals surface area contributed by atoms with Gasteiger partial charge in [-0.3, -0.25) is 4.79 Å². The molecule has 9 heteroatoms. The van der Waals surface area contributed by atoms with E-state index in [2.05, 4.69) is 15.6 Å². The van der Waals surface area contributed by atoms with Gasteiger partial charge in [-0.1, -0.05) is 30.3 Å². The molecule has 0 aliphatic rings. The standard InChI is InChI=1S/C22H27F3N4O2/c1-4-26-21(27-13-16-9-11-17(12-10-16)20(30)29(2)3)28-14-18-7-5-6-8-19(18)31-15-22(23,24)25/h5-12H,4,13-15H2,1-3H3,(H2,26,27,28). The van der Waals surface area contributed by atoms with E-state index in [9.17, 15) is 18.0 Å². The summed E-state index contributed by atoms with van der Waals surface area (Å²) in [6.45, 7) is 1.81. The van der Waals surface area contributed by atoms with Gasteiger partial charge < -0.3 is 20.3 Å². The summed E-state index contributed by atoms with van der Waals surface area (Å²) >= 11 is 0. The molecule has 2 rings (SSSR count). The molecule has 0 aliphatic heterocycles. The van der Waals surface area contributed by atoms with Crippen LogP contribution in [0, 0.1) is 0 Å². The summed E-state index contributed by atoms with van der Waals surface area (Å²) in [6.07, 6.45) is -4.40. The fourth-order valence-electron chi connectivity index (χ4n) is 2.65. The van der Waals surface area contributed by atoms with E-state index in [0.717, 1.165) is 5.56 Å². The molecule has 6 nitrogen and oxygen atoms in total. The van der Waals surface area contributed by atoms with E-state index in [1.54, 1.807) is 44.4 Å². The molecule has 0 saturated carbocycles. The summed E-state index contributed by atoms with van der Waals surface area (Å²) < 4.78 is 42.3. The van der Waals surface area contributed by atoms with E-state index in [1.165, 1.54) is 11.0 Å². The number of rotatable bonds is 8. The van der Waals surface area contributed by atoms with Gasteiger partial charge in [0.05, 0.1) is 6.54 Å². The number of hydrogen-bond acceptors (Lipinski definition) is 3. The lowest BCUT2D eigenvalue weighted by Gasteiger charge is -2.15. The Morgan fingerprint density at radius 2 is 1.74 bits per heavy atom. The van der Waals surface area contributed by atoms with E-state index >= 15 is 0 Å². The highest BCUT2D eigenvalue weighted by molar-refractivity contribution is 5.93. The van der Waals surface area contributed by atoms with Crippen molar-refractivity contribution in [3.05, 3.63) is 65.2 Å². The number of guanidine groups is 1. The molecule has 0 atom stereocenters. The van der Waals surface area contributed by atoms with Crippen LogP contribution >= 0.6 is 0 Å². The molecule has 0 aliphatic carbocycles. The van der Waals surface area contributed by atoms with Crippen LogP contribution in [0.5, 0.6) is 5.75 Å². The van der Waals surface area contributed by atoms with Crippen molar-refractivity contribution in [3.63, 3.8) is 0 Å². The third kappa shape index (κ3) is 8.19. The molecule has 1 amide bonds. The summed E-state index contributed by atoms with van der Waals surface area (Å²) in [5, 5.41) is 6.21. The SMILES string of the molecule is CCNC(=NCc1ccc(C(=O)N(C)C)cc1)NCc1ccccc1OCC(F)(F)F. The third-order valence-electron chi connectivity index (χ3n) is 4.18. The molecule has 2 N–H and O–H groups in total. The second-order valence-corrected chi connectivity index (χ2v) is 6.96. The number of nitrogens with zero attached hydrogens (tertiary/aromatic N) is 2. The molecule has 2 aromatic carbocycles. The quantitative estimate of drug-likeness (QED) is 0.490. The lowest BCUT2D eigenvalue weighted by molar-refractivity contribution is -0.153. The Hall–Kier alpha value is -3.23. The van der Waals surface area contributed by atoms with Gasteiger partial charge in [0.25, 0.3) is 5.91 Å². The maximum atomic E-state index is 12.5. The van der Waals surface area contributed by atoms with Gasteiger partial charge in [-0.15, -0.1) is 0 Å². The number of carbonyl (C=O) groups excluding carboxylic acids is 1. The second kappa shape index (κ2) is 11.2. The van der Waals surface area contributed by atoms with Crippen molar-refractivity contribution < 1.29 is 22.7 Å². The summed E-state index contributed by atoms with van der Waals surface area (Å²) in [4.78, 5) is 18.0. The zero-order chi connectivity index (χ0) is 22.9. The maximum absolute atomic E-state index is 12.5. The van der Waals surface area contributed by atoms with Gasteiger partial charge in [-0.2, -0.15) is 13.2 Å². The molecule has 0 radical (unpaired) electrons. The number of aliphatic imine (C=N–C) groups is 1. The number of carbonyl (C=O) groups is 1. The van der Waals surface area contributed by atoms with Crippen LogP contribution < -0.4 is 15.4 Å². The van der Waals surface area contributed by atoms with Crippen LogP contribution in [0.3, 0.4) is 0 Å². The number of para-hydroxylation sites is 1. The minimum Gasteiger partial charge on any atom is -0.484 e. The number of benzene rings is 2. The first kappa shape index (κ1) is 24.0. The lowest BCUT2D eigenvalue weighted by atomic mass is 10.1. The fraction of sp³-hybridized carbons (Fsp3) is 0.364. The topological polar surface area (TPSA) is 66.0 Å². The summed E-state index contributed by atoms with van der Waals surface area (Å²) in [7, 11) is 3.39. The Kier molecular flexibility index (Phi) is 8.72. The Labute approximate surface area is 180 Å². The zero-order valence-corrected chi connectivity index (χ0v) is 17.8. The fourth-order valence-corrected chi connectivity index (χ4v) is 2.65. The van der Waals surface area contributed by atoms with Crippen LogP contribution in [0.1, 0.15) is 28.4 Å². The van der Waals surface area contributed by atoms with Crippen molar-refractivity contribution in [1.29, 1.82) is 0 Å². The molecular formula is C22H27F3N4O2. The van der Waals surface area contributed by atoms with Crippen LogP contribution in [0.2, 0.25) is 0 Å². The second-order valence-electron chi connectivity index (χ2n) is 6.96. The number of amides is 1. The molecule has 168 valence electrons. The molecule has 0 unspecified atom stereocenters. The molecule has 0 bridgehead atoms. The monoisotopic (exact) mass is 436 g/mol. The van der Waals surface area contributed by atoms with Gasteiger partial charge in [0, 0.05) is 38.3 Å². The largest absolute Gasteiger partial charge is 0.484 e. The van der Waals surface area contributed by atoms with Crippen LogP contribution in [-0.4, -0.2) is 50.2 Å². The van der Waals surface area contributed by atoms with Crippen LogP contribution in [0.4, 0.5) is 13.2 Å². The predicted octanol–water partition coefficient (Wildman–Crippen LogP) is 3.58. The molecule has 0 aromatic heterocycles. The molecule has 31 heavy (non-hydrogen) atoms. The average molecular weight is 436 g/mol. The van der Waals surface area contributed by atoms with E-state index in [-0.39, 0.29) is 18.2 Å². The number of hydrogen-bond donors (Lipinski definition) is 2. The first-order valence-electron chi connectivity index (χ1n) is 9.80. The molecule has 0 fully saturated rings. The Bertz CT molecular complexity index is 881. The summed E-state index contributed by atoms with van der Waals surface area (Å²) in [5.74, 6) is 0.613. The van der Waals surface area contributed by atoms with E-state index in [0.29, 0.717) is 30.2 Å². The minimum absolute atomic E-state index is 0.0727. The van der Waals surface area contributed by atoms with E-state index in [4.69, 9.17) is 4.74 Å². The van der Waals surface area contributed by atoms with E-state index in [1.807, 2.05) is 19.1 Å². The number of ether oxygens (including phenoxy) is 1. The highest BCUT2D eigenvalue weighted by atomic mass is 19.4. The molecule has 0 heterocycles. The van der Waals surface area contributed by atoms with Crippen molar-refractivity contribution in [2.24, 2.45) is 4.99 Å². The van der Waals surface area contributed by atoms with Gasteiger partial charge in [-0.25, -0.2) is 4.99 Å². The third-order valence-corrected chi connectivity index (χ3v) is 4.18. The van der Waals surface area contributed by atoms with Gasteiger partial charge in [-0.05, 0) is 30.7 Å². The van der Waals surface area contributed by atoms with Crippen molar-refractivity contribution >= 4 is 11.9 Å². The Morgan fingerprint density at radius 3 is 2.35 bits per heavy atom. The molecule has 0 saturated heterocycles.